The first-order valence-electron chi connectivity index (χ1n) is 7.58. The van der Waals surface area contributed by atoms with Crippen LogP contribution in [-0.4, -0.2) is 19.1 Å². The van der Waals surface area contributed by atoms with E-state index >= 15 is 0 Å². The van der Waals surface area contributed by atoms with Crippen molar-refractivity contribution in [2.24, 2.45) is 0 Å². The molecule has 26 heavy (non-hydrogen) atoms. The highest BCUT2D eigenvalue weighted by Crippen LogP contribution is 2.35. The molecule has 1 amide bonds. The summed E-state index contributed by atoms with van der Waals surface area (Å²) in [5.41, 5.74) is -0.0354. The van der Waals surface area contributed by atoms with Crippen LogP contribution in [0.15, 0.2) is 42.5 Å². The molecule has 136 valence electrons. The largest absolute Gasteiger partial charge is 0.486 e. The number of amides is 1. The Morgan fingerprint density at radius 1 is 1.08 bits per heavy atom. The molecule has 2 aromatic rings. The number of carbonyl (C=O) groups excluding carboxylic acids is 1. The lowest BCUT2D eigenvalue weighted by atomic mass is 10.1. The lowest BCUT2D eigenvalue weighted by molar-refractivity contribution is -0.137. The van der Waals surface area contributed by atoms with E-state index in [9.17, 15) is 18.0 Å². The second kappa shape index (κ2) is 7.29. The fraction of sp³-hybridized carbons (Fsp3) is 0.167. The summed E-state index contributed by atoms with van der Waals surface area (Å²) in [4.78, 5) is 12.0. The van der Waals surface area contributed by atoms with E-state index in [1.54, 1.807) is 18.2 Å². The molecular formula is C18H13ClF3NO3. The number of carbonyl (C=O) groups is 1. The maximum atomic E-state index is 12.7. The van der Waals surface area contributed by atoms with E-state index in [0.29, 0.717) is 36.0 Å². The van der Waals surface area contributed by atoms with Gasteiger partial charge >= 0.3 is 6.18 Å². The van der Waals surface area contributed by atoms with E-state index in [1.165, 1.54) is 18.2 Å². The van der Waals surface area contributed by atoms with Crippen LogP contribution in [0.2, 0.25) is 5.02 Å². The number of nitrogens with one attached hydrogen (secondary N) is 1. The number of alkyl halides is 3. The summed E-state index contributed by atoms with van der Waals surface area (Å²) >= 11 is 5.65. The summed E-state index contributed by atoms with van der Waals surface area (Å²) in [6.45, 7) is 0.899. The van der Waals surface area contributed by atoms with Crippen LogP contribution in [0, 0.1) is 0 Å². The highest BCUT2D eigenvalue weighted by Gasteiger charge is 2.32. The van der Waals surface area contributed by atoms with E-state index in [2.05, 4.69) is 5.32 Å². The molecule has 0 aliphatic carbocycles. The molecular weight excluding hydrogens is 371 g/mol. The van der Waals surface area contributed by atoms with E-state index in [4.69, 9.17) is 21.1 Å². The Bertz CT molecular complexity index is 865. The quantitative estimate of drug-likeness (QED) is 0.776. The van der Waals surface area contributed by atoms with Crippen LogP contribution in [0.4, 0.5) is 18.9 Å². The Morgan fingerprint density at radius 3 is 2.50 bits per heavy atom. The fourth-order valence-corrected chi connectivity index (χ4v) is 2.64. The molecule has 0 bridgehead atoms. The molecule has 0 atom stereocenters. The molecule has 3 rings (SSSR count). The molecule has 1 aliphatic heterocycles. The van der Waals surface area contributed by atoms with Crippen molar-refractivity contribution in [2.45, 2.75) is 6.18 Å². The molecule has 0 fully saturated rings. The van der Waals surface area contributed by atoms with Crippen molar-refractivity contribution in [3.8, 4) is 11.5 Å². The molecule has 1 aliphatic rings. The number of anilines is 1. The number of fused-ring (bicyclic) bond motifs is 1. The van der Waals surface area contributed by atoms with Crippen molar-refractivity contribution in [3.05, 3.63) is 58.6 Å². The van der Waals surface area contributed by atoms with Gasteiger partial charge in [0.15, 0.2) is 11.5 Å². The lowest BCUT2D eigenvalue weighted by Crippen LogP contribution is -2.16. The zero-order valence-electron chi connectivity index (χ0n) is 13.3. The Balaban J connectivity index is 1.67. The lowest BCUT2D eigenvalue weighted by Gasteiger charge is -2.18. The average Bonchev–Trinajstić information content (AvgIpc) is 2.59. The first-order chi connectivity index (χ1) is 12.3. The summed E-state index contributed by atoms with van der Waals surface area (Å²) in [5, 5.41) is 2.21. The van der Waals surface area contributed by atoms with Crippen LogP contribution in [0.25, 0.3) is 6.08 Å². The highest BCUT2D eigenvalue weighted by molar-refractivity contribution is 6.31. The van der Waals surface area contributed by atoms with E-state index < -0.39 is 22.7 Å². The van der Waals surface area contributed by atoms with Gasteiger partial charge in [0.1, 0.15) is 13.2 Å². The molecule has 0 spiro atoms. The fourth-order valence-electron chi connectivity index (χ4n) is 2.34. The van der Waals surface area contributed by atoms with Gasteiger partial charge in [0.25, 0.3) is 0 Å². The molecule has 8 heteroatoms. The predicted octanol–water partition coefficient (Wildman–Crippen LogP) is 4.78. The molecule has 1 N–H and O–H groups in total. The topological polar surface area (TPSA) is 47.6 Å². The third kappa shape index (κ3) is 4.29. The molecule has 2 aromatic carbocycles. The predicted molar refractivity (Wildman–Crippen MR) is 91.5 cm³/mol. The maximum Gasteiger partial charge on any atom is 0.417 e. The van der Waals surface area contributed by atoms with Gasteiger partial charge < -0.3 is 14.8 Å². The zero-order chi connectivity index (χ0) is 18.7. The summed E-state index contributed by atoms with van der Waals surface area (Å²) < 4.78 is 48.8. The van der Waals surface area contributed by atoms with Gasteiger partial charge in [-0.1, -0.05) is 17.7 Å². The smallest absolute Gasteiger partial charge is 0.417 e. The molecule has 0 saturated heterocycles. The Morgan fingerprint density at radius 2 is 1.81 bits per heavy atom. The molecule has 4 nitrogen and oxygen atoms in total. The first kappa shape index (κ1) is 18.1. The van der Waals surface area contributed by atoms with Crippen molar-refractivity contribution >= 4 is 29.3 Å². The zero-order valence-corrected chi connectivity index (χ0v) is 14.0. The normalized spacial score (nSPS) is 13.7. The summed E-state index contributed by atoms with van der Waals surface area (Å²) in [6, 6.07) is 8.24. The van der Waals surface area contributed by atoms with Gasteiger partial charge in [-0.05, 0) is 35.9 Å². The van der Waals surface area contributed by atoms with Gasteiger partial charge in [-0.3, -0.25) is 4.79 Å². The van der Waals surface area contributed by atoms with Gasteiger partial charge in [-0.2, -0.15) is 13.2 Å². The summed E-state index contributed by atoms with van der Waals surface area (Å²) in [5.74, 6) is 0.689. The van der Waals surface area contributed by atoms with Gasteiger partial charge in [0.05, 0.1) is 10.6 Å². The van der Waals surface area contributed by atoms with Gasteiger partial charge in [0.2, 0.25) is 5.91 Å². The Hall–Kier alpha value is -2.67. The second-order valence-electron chi connectivity index (χ2n) is 5.42. The number of hydrogen-bond acceptors (Lipinski definition) is 3. The minimum absolute atomic E-state index is 0.375. The van der Waals surface area contributed by atoms with Crippen molar-refractivity contribution < 1.29 is 27.4 Å². The van der Waals surface area contributed by atoms with Gasteiger partial charge in [0, 0.05) is 17.8 Å². The van der Waals surface area contributed by atoms with Gasteiger partial charge in [-0.25, -0.2) is 0 Å². The second-order valence-corrected chi connectivity index (χ2v) is 5.83. The molecule has 0 aromatic heterocycles. The third-order valence-electron chi connectivity index (χ3n) is 3.54. The van der Waals surface area contributed by atoms with Gasteiger partial charge in [-0.15, -0.1) is 0 Å². The minimum atomic E-state index is -4.52. The first-order valence-corrected chi connectivity index (χ1v) is 7.96. The molecule has 1 heterocycles. The Kier molecular flexibility index (Phi) is 5.08. The van der Waals surface area contributed by atoms with E-state index in [1.807, 2.05) is 0 Å². The van der Waals surface area contributed by atoms with Crippen LogP contribution in [0.3, 0.4) is 0 Å². The standard InChI is InChI=1S/C18H13ClF3NO3/c19-14-9-11(1-4-13(14)18(20,21)22)2-6-17(24)23-12-3-5-15-16(10-12)26-8-7-25-15/h1-6,9-10H,7-8H2,(H,23,24)/b6-2+. The van der Waals surface area contributed by atoms with Crippen molar-refractivity contribution in [2.75, 3.05) is 18.5 Å². The maximum absolute atomic E-state index is 12.7. The minimum Gasteiger partial charge on any atom is -0.486 e. The highest BCUT2D eigenvalue weighted by atomic mass is 35.5. The molecule has 0 radical (unpaired) electrons. The van der Waals surface area contributed by atoms with Crippen molar-refractivity contribution in [1.29, 1.82) is 0 Å². The SMILES string of the molecule is O=C(/C=C/c1ccc(C(F)(F)F)c(Cl)c1)Nc1ccc2c(c1)OCCO2. The number of rotatable bonds is 3. The van der Waals surface area contributed by atoms with Crippen LogP contribution in [0.5, 0.6) is 11.5 Å². The van der Waals surface area contributed by atoms with Crippen molar-refractivity contribution in [3.63, 3.8) is 0 Å². The number of benzene rings is 2. The average molecular weight is 384 g/mol. The van der Waals surface area contributed by atoms with Crippen molar-refractivity contribution in [1.82, 2.24) is 0 Å². The molecule has 0 unspecified atom stereocenters. The van der Waals surface area contributed by atoms with E-state index in [0.717, 1.165) is 12.1 Å². The number of halogens is 4. The van der Waals surface area contributed by atoms with Crippen LogP contribution in [0.1, 0.15) is 11.1 Å². The summed E-state index contributed by atoms with van der Waals surface area (Å²) in [7, 11) is 0. The van der Waals surface area contributed by atoms with Crippen LogP contribution >= 0.6 is 11.6 Å². The number of ether oxygens (including phenoxy) is 2. The monoisotopic (exact) mass is 383 g/mol. The third-order valence-corrected chi connectivity index (χ3v) is 3.85. The summed E-state index contributed by atoms with van der Waals surface area (Å²) in [6.07, 6.45) is -1.94. The van der Waals surface area contributed by atoms with Crippen LogP contribution < -0.4 is 14.8 Å². The van der Waals surface area contributed by atoms with Crippen LogP contribution in [-0.2, 0) is 11.0 Å². The Labute approximate surface area is 152 Å². The number of hydrogen-bond donors (Lipinski definition) is 1. The molecule has 0 saturated carbocycles. The van der Waals surface area contributed by atoms with E-state index in [-0.39, 0.29) is 0 Å².